The van der Waals surface area contributed by atoms with Crippen molar-refractivity contribution in [2.45, 2.75) is 19.0 Å². The Morgan fingerprint density at radius 2 is 2.07 bits per heavy atom. The zero-order valence-electron chi connectivity index (χ0n) is 15.1. The molecule has 1 saturated heterocycles. The predicted octanol–water partition coefficient (Wildman–Crippen LogP) is 2.40. The molecule has 2 aromatic heterocycles. The van der Waals surface area contributed by atoms with Crippen molar-refractivity contribution in [3.8, 4) is 11.3 Å². The number of aryl methyl sites for hydroxylation is 1. The number of amides is 1. The number of hydrogen-bond donors (Lipinski definition) is 1. The number of rotatable bonds is 4. The van der Waals surface area contributed by atoms with Gasteiger partial charge in [0.15, 0.2) is 0 Å². The number of nitrogens with zero attached hydrogens (tertiary/aromatic N) is 5. The number of hydrogen-bond acceptors (Lipinski definition) is 5. The molecule has 7 nitrogen and oxygen atoms in total. The molecular formula is C19H21FN6O. The number of benzene rings is 1. The number of alkyl halides is 1. The molecule has 1 aliphatic heterocycles. The van der Waals surface area contributed by atoms with Crippen molar-refractivity contribution in [2.75, 3.05) is 25.0 Å². The average Bonchev–Trinajstić information content (AvgIpc) is 3.09. The Morgan fingerprint density at radius 1 is 1.26 bits per heavy atom. The van der Waals surface area contributed by atoms with Crippen LogP contribution in [0.3, 0.4) is 0 Å². The summed E-state index contributed by atoms with van der Waals surface area (Å²) < 4.78 is 14.9. The van der Waals surface area contributed by atoms with Gasteiger partial charge in [0.05, 0.1) is 12.7 Å². The molecule has 0 bridgehead atoms. The van der Waals surface area contributed by atoms with E-state index in [-0.39, 0.29) is 12.5 Å². The molecule has 1 aliphatic rings. The molecule has 3 heterocycles. The monoisotopic (exact) mass is 368 g/mol. The second-order valence-electron chi connectivity index (χ2n) is 6.91. The van der Waals surface area contributed by atoms with Crippen LogP contribution in [0.1, 0.15) is 12.8 Å². The number of carbonyl (C=O) groups is 1. The SMILES string of the molecule is Cn1cc(-c2ccc3cnc(NC(=O)CN4CCC(F)CC4)cc3c2)nn1. The van der Waals surface area contributed by atoms with Crippen LogP contribution in [-0.4, -0.2) is 56.6 Å². The predicted molar refractivity (Wildman–Crippen MR) is 101 cm³/mol. The van der Waals surface area contributed by atoms with Crippen LogP contribution in [0.25, 0.3) is 22.0 Å². The van der Waals surface area contributed by atoms with Crippen molar-refractivity contribution < 1.29 is 9.18 Å². The van der Waals surface area contributed by atoms with Crippen LogP contribution in [0.2, 0.25) is 0 Å². The number of pyridine rings is 1. The summed E-state index contributed by atoms with van der Waals surface area (Å²) in [4.78, 5) is 18.6. The van der Waals surface area contributed by atoms with Gasteiger partial charge in [-0.1, -0.05) is 17.3 Å². The average molecular weight is 368 g/mol. The van der Waals surface area contributed by atoms with Crippen LogP contribution >= 0.6 is 0 Å². The number of carbonyl (C=O) groups excluding carboxylic acids is 1. The lowest BCUT2D eigenvalue weighted by atomic mass is 10.1. The summed E-state index contributed by atoms with van der Waals surface area (Å²) in [5.74, 6) is 0.369. The van der Waals surface area contributed by atoms with E-state index in [1.165, 1.54) is 0 Å². The molecule has 4 rings (SSSR count). The van der Waals surface area contributed by atoms with Crippen molar-refractivity contribution in [2.24, 2.45) is 7.05 Å². The molecule has 1 fully saturated rings. The highest BCUT2D eigenvalue weighted by Gasteiger charge is 2.20. The molecule has 3 aromatic rings. The number of likely N-dealkylation sites (tertiary alicyclic amines) is 1. The Balaban J connectivity index is 1.48. The van der Waals surface area contributed by atoms with E-state index in [1.54, 1.807) is 10.9 Å². The van der Waals surface area contributed by atoms with Crippen LogP contribution in [0.5, 0.6) is 0 Å². The number of anilines is 1. The van der Waals surface area contributed by atoms with E-state index in [9.17, 15) is 9.18 Å². The summed E-state index contributed by atoms with van der Waals surface area (Å²) in [6.45, 7) is 1.48. The molecular weight excluding hydrogens is 347 g/mol. The van der Waals surface area contributed by atoms with Gasteiger partial charge in [-0.25, -0.2) is 9.37 Å². The van der Waals surface area contributed by atoms with Gasteiger partial charge < -0.3 is 5.32 Å². The van der Waals surface area contributed by atoms with E-state index < -0.39 is 6.17 Å². The maximum Gasteiger partial charge on any atom is 0.239 e. The van der Waals surface area contributed by atoms with E-state index in [1.807, 2.05) is 42.4 Å². The highest BCUT2D eigenvalue weighted by Crippen LogP contribution is 2.24. The fraction of sp³-hybridized carbons (Fsp3) is 0.368. The standard InChI is InChI=1S/C19H21FN6O/c1-25-11-17(23-24-25)13-2-3-14-10-21-18(9-15(14)8-13)22-19(27)12-26-6-4-16(20)5-7-26/h2-3,8-11,16H,4-7,12H2,1H3,(H,21,22,27). The van der Waals surface area contributed by atoms with Crippen molar-refractivity contribution in [3.63, 3.8) is 0 Å². The molecule has 1 aromatic carbocycles. The van der Waals surface area contributed by atoms with Gasteiger partial charge in [0.1, 0.15) is 17.7 Å². The summed E-state index contributed by atoms with van der Waals surface area (Å²) in [5, 5.41) is 12.9. The van der Waals surface area contributed by atoms with Crippen molar-refractivity contribution >= 4 is 22.5 Å². The van der Waals surface area contributed by atoms with Crippen LogP contribution in [0.15, 0.2) is 36.7 Å². The first-order chi connectivity index (χ1) is 13.1. The highest BCUT2D eigenvalue weighted by atomic mass is 19.1. The summed E-state index contributed by atoms with van der Waals surface area (Å²) >= 11 is 0. The fourth-order valence-corrected chi connectivity index (χ4v) is 3.29. The normalized spacial score (nSPS) is 15.9. The molecule has 0 unspecified atom stereocenters. The van der Waals surface area contributed by atoms with Crippen LogP contribution in [-0.2, 0) is 11.8 Å². The Labute approximate surface area is 156 Å². The smallest absolute Gasteiger partial charge is 0.239 e. The lowest BCUT2D eigenvalue weighted by Crippen LogP contribution is -2.39. The van der Waals surface area contributed by atoms with E-state index >= 15 is 0 Å². The molecule has 0 atom stereocenters. The molecule has 140 valence electrons. The maximum absolute atomic E-state index is 13.2. The number of halogens is 1. The number of fused-ring (bicyclic) bond motifs is 1. The summed E-state index contributed by atoms with van der Waals surface area (Å²) in [7, 11) is 1.82. The van der Waals surface area contributed by atoms with Crippen molar-refractivity contribution in [1.82, 2.24) is 24.9 Å². The van der Waals surface area contributed by atoms with Gasteiger partial charge in [-0.05, 0) is 30.4 Å². The quantitative estimate of drug-likeness (QED) is 0.765. The number of aromatic nitrogens is 4. The molecule has 8 heteroatoms. The summed E-state index contributed by atoms with van der Waals surface area (Å²) in [6, 6.07) is 7.80. The second kappa shape index (κ2) is 7.40. The largest absolute Gasteiger partial charge is 0.310 e. The van der Waals surface area contributed by atoms with E-state index in [2.05, 4.69) is 20.6 Å². The lowest BCUT2D eigenvalue weighted by molar-refractivity contribution is -0.117. The minimum atomic E-state index is -0.741. The van der Waals surface area contributed by atoms with Crippen LogP contribution < -0.4 is 5.32 Å². The number of nitrogens with one attached hydrogen (secondary N) is 1. The van der Waals surface area contributed by atoms with Crippen LogP contribution in [0.4, 0.5) is 10.2 Å². The summed E-state index contributed by atoms with van der Waals surface area (Å²) in [6.07, 6.45) is 3.83. The first-order valence-corrected chi connectivity index (χ1v) is 8.99. The Hall–Kier alpha value is -2.87. The molecule has 0 saturated carbocycles. The van der Waals surface area contributed by atoms with Crippen molar-refractivity contribution in [3.05, 3.63) is 36.7 Å². The minimum absolute atomic E-state index is 0.135. The maximum atomic E-state index is 13.2. The lowest BCUT2D eigenvalue weighted by Gasteiger charge is -2.27. The van der Waals surface area contributed by atoms with Gasteiger partial charge in [-0.15, -0.1) is 5.10 Å². The third-order valence-corrected chi connectivity index (χ3v) is 4.77. The Kier molecular flexibility index (Phi) is 4.81. The van der Waals surface area contributed by atoms with Gasteiger partial charge in [-0.3, -0.25) is 14.4 Å². The summed E-state index contributed by atoms with van der Waals surface area (Å²) in [5.41, 5.74) is 1.74. The molecule has 1 N–H and O–H groups in total. The molecule has 27 heavy (non-hydrogen) atoms. The second-order valence-corrected chi connectivity index (χ2v) is 6.91. The van der Waals surface area contributed by atoms with Gasteiger partial charge in [0.2, 0.25) is 5.91 Å². The highest BCUT2D eigenvalue weighted by molar-refractivity contribution is 5.94. The first kappa shape index (κ1) is 17.5. The zero-order valence-corrected chi connectivity index (χ0v) is 15.1. The minimum Gasteiger partial charge on any atom is -0.310 e. The molecule has 0 aliphatic carbocycles. The van der Waals surface area contributed by atoms with E-state index in [0.717, 1.165) is 22.0 Å². The molecule has 0 spiro atoms. The first-order valence-electron chi connectivity index (χ1n) is 8.99. The molecule has 1 amide bonds. The van der Waals surface area contributed by atoms with Gasteiger partial charge >= 0.3 is 0 Å². The number of piperidine rings is 1. The van der Waals surface area contributed by atoms with Crippen molar-refractivity contribution in [1.29, 1.82) is 0 Å². The van der Waals surface area contributed by atoms with Gasteiger partial charge in [0.25, 0.3) is 0 Å². The Morgan fingerprint density at radius 3 is 2.81 bits per heavy atom. The van der Waals surface area contributed by atoms with E-state index in [0.29, 0.717) is 31.7 Å². The topological polar surface area (TPSA) is 75.9 Å². The Bertz CT molecular complexity index is 964. The zero-order chi connectivity index (χ0) is 18.8. The van der Waals surface area contributed by atoms with Gasteiger partial charge in [-0.2, -0.15) is 0 Å². The fourth-order valence-electron chi connectivity index (χ4n) is 3.29. The third kappa shape index (κ3) is 4.11. The van der Waals surface area contributed by atoms with Crippen LogP contribution in [0, 0.1) is 0 Å². The van der Waals surface area contributed by atoms with E-state index in [4.69, 9.17) is 0 Å². The molecule has 0 radical (unpaired) electrons. The van der Waals surface area contributed by atoms with Gasteiger partial charge in [0, 0.05) is 37.3 Å². The third-order valence-electron chi connectivity index (χ3n) is 4.77.